The summed E-state index contributed by atoms with van der Waals surface area (Å²) in [6, 6.07) is 8.55. The molecule has 2 aliphatic rings. The Kier molecular flexibility index (Phi) is 5.55. The Morgan fingerprint density at radius 3 is 2.83 bits per heavy atom. The van der Waals surface area contributed by atoms with Gasteiger partial charge in [0.25, 0.3) is 0 Å². The molecule has 0 aromatic heterocycles. The molecule has 0 saturated carbocycles. The van der Waals surface area contributed by atoms with Gasteiger partial charge in [-0.1, -0.05) is 18.2 Å². The van der Waals surface area contributed by atoms with Gasteiger partial charge in [0.2, 0.25) is 5.91 Å². The van der Waals surface area contributed by atoms with Crippen molar-refractivity contribution in [3.8, 4) is 0 Å². The third kappa shape index (κ3) is 4.25. The van der Waals surface area contributed by atoms with Crippen LogP contribution in [0.5, 0.6) is 0 Å². The normalized spacial score (nSPS) is 20.9. The van der Waals surface area contributed by atoms with Crippen molar-refractivity contribution < 1.29 is 4.79 Å². The van der Waals surface area contributed by atoms with E-state index in [1.807, 2.05) is 11.9 Å². The Hall–Kier alpha value is -1.55. The molecule has 0 bridgehead atoms. The Balaban J connectivity index is 1.56. The maximum atomic E-state index is 12.4. The number of benzene rings is 1. The van der Waals surface area contributed by atoms with Crippen molar-refractivity contribution in [3.63, 3.8) is 0 Å². The summed E-state index contributed by atoms with van der Waals surface area (Å²) in [6.07, 6.45) is 5.46. The minimum Gasteiger partial charge on any atom is -0.371 e. The largest absolute Gasteiger partial charge is 0.371 e. The third-order valence-corrected chi connectivity index (χ3v) is 5.20. The predicted octanol–water partition coefficient (Wildman–Crippen LogP) is 2.63. The second-order valence-corrected chi connectivity index (χ2v) is 6.97. The number of nitrogens with zero attached hydrogens (tertiary/aromatic N) is 2. The zero-order chi connectivity index (χ0) is 16.1. The van der Waals surface area contributed by atoms with Gasteiger partial charge in [0.05, 0.1) is 0 Å². The zero-order valence-corrected chi connectivity index (χ0v) is 14.3. The van der Waals surface area contributed by atoms with Crippen molar-refractivity contribution in [2.24, 2.45) is 5.92 Å². The molecule has 4 heteroatoms. The molecule has 2 heterocycles. The number of carbonyl (C=O) groups is 1. The molecule has 4 nitrogen and oxygen atoms in total. The molecule has 1 N–H and O–H groups in total. The maximum absolute atomic E-state index is 12.4. The molecule has 1 aromatic carbocycles. The molecule has 126 valence electrons. The van der Waals surface area contributed by atoms with Gasteiger partial charge in [-0.05, 0) is 56.3 Å². The van der Waals surface area contributed by atoms with Gasteiger partial charge in [-0.25, -0.2) is 0 Å². The summed E-state index contributed by atoms with van der Waals surface area (Å²) in [5.74, 6) is 0.956. The van der Waals surface area contributed by atoms with Crippen molar-refractivity contribution >= 4 is 11.6 Å². The third-order valence-electron chi connectivity index (χ3n) is 5.20. The van der Waals surface area contributed by atoms with E-state index in [-0.39, 0.29) is 5.91 Å². The molecule has 2 aliphatic heterocycles. The van der Waals surface area contributed by atoms with Crippen LogP contribution in [0.1, 0.15) is 37.7 Å². The van der Waals surface area contributed by atoms with E-state index in [0.717, 1.165) is 32.6 Å². The van der Waals surface area contributed by atoms with E-state index in [2.05, 4.69) is 34.5 Å². The first kappa shape index (κ1) is 16.3. The smallest absolute Gasteiger partial charge is 0.222 e. The van der Waals surface area contributed by atoms with Gasteiger partial charge in [-0.15, -0.1) is 0 Å². The number of carbonyl (C=O) groups excluding carboxylic acids is 1. The van der Waals surface area contributed by atoms with Crippen LogP contribution in [0.15, 0.2) is 24.3 Å². The second-order valence-electron chi connectivity index (χ2n) is 6.97. The van der Waals surface area contributed by atoms with Crippen molar-refractivity contribution in [1.29, 1.82) is 0 Å². The SMILES string of the molecule is CN(Cc1ccccc1N1CCCC1)C(=O)CCC1CCNC1. The highest BCUT2D eigenvalue weighted by atomic mass is 16.2. The Morgan fingerprint density at radius 1 is 1.30 bits per heavy atom. The highest BCUT2D eigenvalue weighted by molar-refractivity contribution is 5.76. The van der Waals surface area contributed by atoms with Gasteiger partial charge >= 0.3 is 0 Å². The number of nitrogens with one attached hydrogen (secondary N) is 1. The summed E-state index contributed by atoms with van der Waals surface area (Å²) < 4.78 is 0. The van der Waals surface area contributed by atoms with E-state index in [9.17, 15) is 4.79 Å². The molecular formula is C19H29N3O. The zero-order valence-electron chi connectivity index (χ0n) is 14.3. The molecule has 0 aliphatic carbocycles. The first-order valence-corrected chi connectivity index (χ1v) is 9.01. The van der Waals surface area contributed by atoms with Crippen LogP contribution in [0.25, 0.3) is 0 Å². The summed E-state index contributed by atoms with van der Waals surface area (Å²) in [4.78, 5) is 16.8. The van der Waals surface area contributed by atoms with E-state index in [1.54, 1.807) is 0 Å². The van der Waals surface area contributed by atoms with Crippen LogP contribution in [0, 0.1) is 5.92 Å². The summed E-state index contributed by atoms with van der Waals surface area (Å²) in [6.45, 7) is 5.19. The van der Waals surface area contributed by atoms with E-state index in [4.69, 9.17) is 0 Å². The average Bonchev–Trinajstić information content (AvgIpc) is 3.26. The van der Waals surface area contributed by atoms with Crippen molar-refractivity contribution in [2.45, 2.75) is 38.6 Å². The fourth-order valence-electron chi connectivity index (χ4n) is 3.73. The van der Waals surface area contributed by atoms with Crippen LogP contribution in [-0.4, -0.2) is 44.0 Å². The van der Waals surface area contributed by atoms with Crippen LogP contribution >= 0.6 is 0 Å². The van der Waals surface area contributed by atoms with Crippen LogP contribution in [0.3, 0.4) is 0 Å². The number of rotatable bonds is 6. The van der Waals surface area contributed by atoms with Crippen LogP contribution < -0.4 is 10.2 Å². The monoisotopic (exact) mass is 315 g/mol. The van der Waals surface area contributed by atoms with Gasteiger partial charge < -0.3 is 15.1 Å². The molecule has 23 heavy (non-hydrogen) atoms. The average molecular weight is 315 g/mol. The minimum atomic E-state index is 0.271. The molecule has 0 spiro atoms. The first-order valence-electron chi connectivity index (χ1n) is 9.01. The highest BCUT2D eigenvalue weighted by Gasteiger charge is 2.19. The maximum Gasteiger partial charge on any atom is 0.222 e. The molecule has 1 atom stereocenters. The summed E-state index contributed by atoms with van der Waals surface area (Å²) in [5.41, 5.74) is 2.58. The lowest BCUT2D eigenvalue weighted by atomic mass is 10.0. The molecule has 2 saturated heterocycles. The summed E-state index contributed by atoms with van der Waals surface area (Å²) in [7, 11) is 1.94. The Labute approximate surface area is 139 Å². The van der Waals surface area contributed by atoms with Gasteiger partial charge in [-0.3, -0.25) is 4.79 Å². The molecule has 3 rings (SSSR count). The van der Waals surface area contributed by atoms with Crippen molar-refractivity contribution in [2.75, 3.05) is 38.1 Å². The predicted molar refractivity (Wildman–Crippen MR) is 94.6 cm³/mol. The van der Waals surface area contributed by atoms with E-state index < -0.39 is 0 Å². The molecule has 1 amide bonds. The lowest BCUT2D eigenvalue weighted by molar-refractivity contribution is -0.130. The van der Waals surface area contributed by atoms with Crippen LogP contribution in [-0.2, 0) is 11.3 Å². The number of anilines is 1. The lowest BCUT2D eigenvalue weighted by Gasteiger charge is -2.24. The molecule has 1 unspecified atom stereocenters. The Morgan fingerprint density at radius 2 is 2.09 bits per heavy atom. The van der Waals surface area contributed by atoms with Gasteiger partial charge in [0, 0.05) is 38.8 Å². The lowest BCUT2D eigenvalue weighted by Crippen LogP contribution is -2.28. The second kappa shape index (κ2) is 7.82. The van der Waals surface area contributed by atoms with Crippen molar-refractivity contribution in [1.82, 2.24) is 10.2 Å². The van der Waals surface area contributed by atoms with E-state index >= 15 is 0 Å². The highest BCUT2D eigenvalue weighted by Crippen LogP contribution is 2.25. The summed E-state index contributed by atoms with van der Waals surface area (Å²) >= 11 is 0. The molecule has 2 fully saturated rings. The topological polar surface area (TPSA) is 35.6 Å². The first-order chi connectivity index (χ1) is 11.2. The number of para-hydroxylation sites is 1. The minimum absolute atomic E-state index is 0.271. The number of hydrogen-bond donors (Lipinski definition) is 1. The van der Waals surface area contributed by atoms with Gasteiger partial charge in [0.1, 0.15) is 0 Å². The number of hydrogen-bond acceptors (Lipinski definition) is 3. The van der Waals surface area contributed by atoms with Crippen LogP contribution in [0.4, 0.5) is 5.69 Å². The van der Waals surface area contributed by atoms with Gasteiger partial charge in [0.15, 0.2) is 0 Å². The molecule has 1 aromatic rings. The van der Waals surface area contributed by atoms with E-state index in [0.29, 0.717) is 18.9 Å². The summed E-state index contributed by atoms with van der Waals surface area (Å²) in [5, 5.41) is 3.37. The fourth-order valence-corrected chi connectivity index (χ4v) is 3.73. The van der Waals surface area contributed by atoms with Crippen molar-refractivity contribution in [3.05, 3.63) is 29.8 Å². The Bertz CT molecular complexity index is 519. The quantitative estimate of drug-likeness (QED) is 0.876. The van der Waals surface area contributed by atoms with Gasteiger partial charge in [-0.2, -0.15) is 0 Å². The molecular weight excluding hydrogens is 286 g/mol. The fraction of sp³-hybridized carbons (Fsp3) is 0.632. The van der Waals surface area contributed by atoms with Crippen LogP contribution in [0.2, 0.25) is 0 Å². The van der Waals surface area contributed by atoms with E-state index in [1.165, 1.54) is 30.5 Å². The molecule has 0 radical (unpaired) electrons. The standard InChI is InChI=1S/C19H29N3O/c1-21(19(23)9-8-16-10-11-20-14-16)15-17-6-2-3-7-18(17)22-12-4-5-13-22/h2-3,6-7,16,20H,4-5,8-15H2,1H3. The number of amides is 1.